The number of nitrogen functional groups attached to an aromatic ring is 1. The fourth-order valence-electron chi connectivity index (χ4n) is 3.56. The summed E-state index contributed by atoms with van der Waals surface area (Å²) in [6.07, 6.45) is 3.29. The Balaban J connectivity index is 1.61. The maximum atomic E-state index is 12.7. The predicted molar refractivity (Wildman–Crippen MR) is 96.4 cm³/mol. The molecule has 26 heavy (non-hydrogen) atoms. The number of pyridine rings is 1. The van der Waals surface area contributed by atoms with E-state index in [-0.39, 0.29) is 18.1 Å². The number of hydrogen-bond acceptors (Lipinski definition) is 6. The van der Waals surface area contributed by atoms with Gasteiger partial charge < -0.3 is 25.2 Å². The molecule has 7 nitrogen and oxygen atoms in total. The van der Waals surface area contributed by atoms with Gasteiger partial charge in [-0.3, -0.25) is 4.79 Å². The van der Waals surface area contributed by atoms with Gasteiger partial charge >= 0.3 is 0 Å². The fourth-order valence-corrected chi connectivity index (χ4v) is 3.56. The Morgan fingerprint density at radius 3 is 2.85 bits per heavy atom. The van der Waals surface area contributed by atoms with E-state index in [4.69, 9.17) is 15.2 Å². The lowest BCUT2D eigenvalue weighted by Gasteiger charge is -2.20. The zero-order valence-corrected chi connectivity index (χ0v) is 14.5. The molecule has 0 radical (unpaired) electrons. The van der Waals surface area contributed by atoms with Crippen molar-refractivity contribution in [3.8, 4) is 11.5 Å². The lowest BCUT2D eigenvalue weighted by Crippen LogP contribution is -2.23. The molecule has 0 bridgehead atoms. The van der Waals surface area contributed by atoms with Crippen molar-refractivity contribution in [1.82, 2.24) is 4.98 Å². The fraction of sp³-hybridized carbons (Fsp3) is 0.368. The van der Waals surface area contributed by atoms with E-state index in [1.165, 1.54) is 6.20 Å². The first-order chi connectivity index (χ1) is 12.5. The number of nitrogens with two attached hydrogens (primary N) is 1. The van der Waals surface area contributed by atoms with Gasteiger partial charge in [0, 0.05) is 24.4 Å². The highest BCUT2D eigenvalue weighted by molar-refractivity contribution is 6.10. The van der Waals surface area contributed by atoms with Crippen LogP contribution in [-0.2, 0) is 6.54 Å². The van der Waals surface area contributed by atoms with Gasteiger partial charge in [-0.15, -0.1) is 0 Å². The maximum Gasteiger partial charge on any atom is 0.260 e. The van der Waals surface area contributed by atoms with Gasteiger partial charge in [0.1, 0.15) is 11.9 Å². The smallest absolute Gasteiger partial charge is 0.260 e. The van der Waals surface area contributed by atoms with E-state index in [0.29, 0.717) is 35.8 Å². The molecule has 1 aliphatic heterocycles. The summed E-state index contributed by atoms with van der Waals surface area (Å²) in [5, 5.41) is 9.71. The van der Waals surface area contributed by atoms with E-state index in [0.717, 1.165) is 24.1 Å². The number of carbonyl (C=O) groups is 1. The molecule has 4 rings (SSSR count). The minimum absolute atomic E-state index is 0.0513. The molecule has 1 aromatic heterocycles. The number of carbonyl (C=O) groups excluding carboxylic acids is 1. The van der Waals surface area contributed by atoms with Crippen molar-refractivity contribution in [3.63, 3.8) is 0 Å². The van der Waals surface area contributed by atoms with E-state index in [2.05, 4.69) is 4.98 Å². The largest absolute Gasteiger partial charge is 0.493 e. The first-order valence-corrected chi connectivity index (χ1v) is 8.64. The standard InChI is InChI=1S/C19H21N3O4/c1-25-16-5-2-12(7-17(16)26-14-4-3-13(23)8-14)22-10-11-6-18(20)21-9-15(11)19(22)24/h2,5-7,9,13-14,23H,3-4,8,10H2,1H3,(H2,20,21). The van der Waals surface area contributed by atoms with Gasteiger partial charge in [0.15, 0.2) is 11.5 Å². The minimum atomic E-state index is -0.318. The van der Waals surface area contributed by atoms with Gasteiger partial charge in [0.05, 0.1) is 25.3 Å². The van der Waals surface area contributed by atoms with Crippen molar-refractivity contribution < 1.29 is 19.4 Å². The molecule has 1 amide bonds. The molecule has 1 fully saturated rings. The van der Waals surface area contributed by atoms with Crippen molar-refractivity contribution in [3.05, 3.63) is 41.6 Å². The van der Waals surface area contributed by atoms with Crippen LogP contribution in [0.1, 0.15) is 35.2 Å². The first-order valence-electron chi connectivity index (χ1n) is 8.64. The van der Waals surface area contributed by atoms with Gasteiger partial charge in [-0.2, -0.15) is 0 Å². The molecule has 1 saturated carbocycles. The first kappa shape index (κ1) is 16.7. The number of nitrogens with zero attached hydrogens (tertiary/aromatic N) is 2. The third kappa shape index (κ3) is 2.94. The SMILES string of the molecule is COc1ccc(N2Cc3cc(N)ncc3C2=O)cc1OC1CCC(O)C1. The molecule has 136 valence electrons. The lowest BCUT2D eigenvalue weighted by molar-refractivity contribution is 0.0996. The van der Waals surface area contributed by atoms with Gasteiger partial charge in [-0.05, 0) is 36.6 Å². The van der Waals surface area contributed by atoms with Crippen molar-refractivity contribution in [2.75, 3.05) is 17.7 Å². The summed E-state index contributed by atoms with van der Waals surface area (Å²) < 4.78 is 11.4. The molecular weight excluding hydrogens is 334 g/mol. The average Bonchev–Trinajstić information content (AvgIpc) is 3.18. The van der Waals surface area contributed by atoms with Crippen LogP contribution < -0.4 is 20.1 Å². The second kappa shape index (κ2) is 6.49. The second-order valence-corrected chi connectivity index (χ2v) is 6.70. The van der Waals surface area contributed by atoms with Crippen molar-refractivity contribution >= 4 is 17.4 Å². The summed E-state index contributed by atoms with van der Waals surface area (Å²) in [4.78, 5) is 18.4. The van der Waals surface area contributed by atoms with E-state index in [1.807, 2.05) is 12.1 Å². The molecule has 1 aliphatic carbocycles. The zero-order chi connectivity index (χ0) is 18.3. The Hall–Kier alpha value is -2.80. The zero-order valence-electron chi connectivity index (χ0n) is 14.5. The molecule has 2 aromatic rings. The van der Waals surface area contributed by atoms with Crippen LogP contribution in [-0.4, -0.2) is 35.3 Å². The number of benzene rings is 1. The summed E-state index contributed by atoms with van der Waals surface area (Å²) in [7, 11) is 1.58. The predicted octanol–water partition coefficient (Wildman–Crippen LogP) is 2.12. The summed E-state index contributed by atoms with van der Waals surface area (Å²) in [6.45, 7) is 0.439. The number of amides is 1. The molecule has 2 heterocycles. The highest BCUT2D eigenvalue weighted by Crippen LogP contribution is 2.37. The molecule has 2 atom stereocenters. The van der Waals surface area contributed by atoms with Crippen molar-refractivity contribution in [2.45, 2.75) is 38.0 Å². The average molecular weight is 355 g/mol. The van der Waals surface area contributed by atoms with Crippen LogP contribution in [0.5, 0.6) is 11.5 Å². The summed E-state index contributed by atoms with van der Waals surface area (Å²) in [6, 6.07) is 7.16. The number of anilines is 2. The topological polar surface area (TPSA) is 97.9 Å². The summed E-state index contributed by atoms with van der Waals surface area (Å²) in [5.41, 5.74) is 7.88. The quantitative estimate of drug-likeness (QED) is 0.872. The number of ether oxygens (including phenoxy) is 2. The number of aliphatic hydroxyl groups excluding tert-OH is 1. The second-order valence-electron chi connectivity index (χ2n) is 6.70. The molecule has 1 aromatic carbocycles. The van der Waals surface area contributed by atoms with Crippen LogP contribution in [0.3, 0.4) is 0 Å². The summed E-state index contributed by atoms with van der Waals surface area (Å²) in [5.74, 6) is 1.47. The monoisotopic (exact) mass is 355 g/mol. The van der Waals surface area contributed by atoms with E-state index in [1.54, 1.807) is 24.1 Å². The molecule has 0 spiro atoms. The Bertz CT molecular complexity index is 855. The van der Waals surface area contributed by atoms with Gasteiger partial charge in [0.25, 0.3) is 5.91 Å². The molecule has 0 saturated heterocycles. The highest BCUT2D eigenvalue weighted by atomic mass is 16.5. The Morgan fingerprint density at radius 1 is 1.27 bits per heavy atom. The van der Waals surface area contributed by atoms with E-state index >= 15 is 0 Å². The minimum Gasteiger partial charge on any atom is -0.493 e. The Labute approximate surface area is 151 Å². The number of aliphatic hydroxyl groups is 1. The van der Waals surface area contributed by atoms with Crippen LogP contribution in [0.25, 0.3) is 0 Å². The maximum absolute atomic E-state index is 12.7. The molecule has 3 N–H and O–H groups in total. The summed E-state index contributed by atoms with van der Waals surface area (Å²) >= 11 is 0. The third-order valence-electron chi connectivity index (χ3n) is 4.92. The number of methoxy groups -OCH3 is 1. The number of hydrogen-bond donors (Lipinski definition) is 2. The van der Waals surface area contributed by atoms with Crippen LogP contribution in [0.4, 0.5) is 11.5 Å². The highest BCUT2D eigenvalue weighted by Gasteiger charge is 2.30. The third-order valence-corrected chi connectivity index (χ3v) is 4.92. The molecule has 7 heteroatoms. The number of rotatable bonds is 4. The molecular formula is C19H21N3O4. The van der Waals surface area contributed by atoms with Crippen LogP contribution >= 0.6 is 0 Å². The van der Waals surface area contributed by atoms with Gasteiger partial charge in [-0.25, -0.2) is 4.98 Å². The van der Waals surface area contributed by atoms with Crippen LogP contribution in [0.2, 0.25) is 0 Å². The molecule has 2 unspecified atom stereocenters. The molecule has 2 aliphatic rings. The van der Waals surface area contributed by atoms with Crippen molar-refractivity contribution in [1.29, 1.82) is 0 Å². The lowest BCUT2D eigenvalue weighted by atomic mass is 10.2. The van der Waals surface area contributed by atoms with Crippen LogP contribution in [0.15, 0.2) is 30.5 Å². The Kier molecular flexibility index (Phi) is 4.16. The van der Waals surface area contributed by atoms with E-state index < -0.39 is 0 Å². The Morgan fingerprint density at radius 2 is 2.12 bits per heavy atom. The van der Waals surface area contributed by atoms with Gasteiger partial charge in [0.2, 0.25) is 0 Å². The van der Waals surface area contributed by atoms with Gasteiger partial charge in [-0.1, -0.05) is 0 Å². The van der Waals surface area contributed by atoms with E-state index in [9.17, 15) is 9.90 Å². The van der Waals surface area contributed by atoms with Crippen molar-refractivity contribution in [2.24, 2.45) is 0 Å². The number of fused-ring (bicyclic) bond motifs is 1. The van der Waals surface area contributed by atoms with Crippen LogP contribution in [0, 0.1) is 0 Å². The number of aromatic nitrogens is 1. The normalized spacial score (nSPS) is 21.8.